The number of carbonyl (C=O) groups is 3. The molecule has 1 heterocycles. The Labute approximate surface area is 161 Å². The van der Waals surface area contributed by atoms with E-state index >= 15 is 0 Å². The van der Waals surface area contributed by atoms with E-state index in [4.69, 9.17) is 9.47 Å². The predicted octanol–water partition coefficient (Wildman–Crippen LogP) is 3.03. The highest BCUT2D eigenvalue weighted by molar-refractivity contribution is 8.18. The number of allylic oxidation sites excluding steroid dienone is 1. The summed E-state index contributed by atoms with van der Waals surface area (Å²) in [5.74, 6) is -0.00688. The van der Waals surface area contributed by atoms with Gasteiger partial charge in [0, 0.05) is 12.6 Å². The largest absolute Gasteiger partial charge is 0.490 e. The standard InChI is InChI=1S/C19H21NO6S/c1-5-7-13-8-12(10-15-18(22)20(3)19(23)27-15)9-14(25-6-2)17(13)26-11-16(21)24-4/h5,8-10H,1,6-7,11H2,2-4H3/b15-10-. The zero-order valence-electron chi connectivity index (χ0n) is 15.4. The molecule has 7 nitrogen and oxygen atoms in total. The zero-order chi connectivity index (χ0) is 20.0. The van der Waals surface area contributed by atoms with Crippen molar-refractivity contribution in [2.24, 2.45) is 0 Å². The molecule has 1 aromatic carbocycles. The molecule has 0 aromatic heterocycles. The lowest BCUT2D eigenvalue weighted by Crippen LogP contribution is -2.22. The van der Waals surface area contributed by atoms with Crippen molar-refractivity contribution in [3.63, 3.8) is 0 Å². The maximum atomic E-state index is 12.1. The molecule has 0 radical (unpaired) electrons. The fourth-order valence-corrected chi connectivity index (χ4v) is 3.21. The van der Waals surface area contributed by atoms with Crippen LogP contribution in [0.4, 0.5) is 4.79 Å². The maximum Gasteiger partial charge on any atom is 0.343 e. The first-order chi connectivity index (χ1) is 12.9. The Morgan fingerprint density at radius 2 is 2.04 bits per heavy atom. The molecule has 27 heavy (non-hydrogen) atoms. The van der Waals surface area contributed by atoms with E-state index in [0.717, 1.165) is 22.2 Å². The number of ether oxygens (including phenoxy) is 3. The van der Waals surface area contributed by atoms with Crippen LogP contribution in [0.5, 0.6) is 11.5 Å². The fourth-order valence-electron chi connectivity index (χ4n) is 2.39. The second-order valence-corrected chi connectivity index (χ2v) is 6.53. The molecule has 0 spiro atoms. The minimum absolute atomic E-state index is 0.255. The number of hydrogen-bond acceptors (Lipinski definition) is 7. The minimum Gasteiger partial charge on any atom is -0.490 e. The fraction of sp³-hybridized carbons (Fsp3) is 0.316. The van der Waals surface area contributed by atoms with Gasteiger partial charge in [0.1, 0.15) is 0 Å². The van der Waals surface area contributed by atoms with E-state index in [0.29, 0.717) is 35.0 Å². The van der Waals surface area contributed by atoms with Gasteiger partial charge < -0.3 is 14.2 Å². The molecule has 144 valence electrons. The first kappa shape index (κ1) is 20.6. The number of esters is 1. The molecule has 0 saturated carbocycles. The predicted molar refractivity (Wildman–Crippen MR) is 103 cm³/mol. The van der Waals surface area contributed by atoms with Crippen molar-refractivity contribution < 1.29 is 28.6 Å². The summed E-state index contributed by atoms with van der Waals surface area (Å²) in [5, 5.41) is -0.319. The lowest BCUT2D eigenvalue weighted by atomic mass is 10.0. The summed E-state index contributed by atoms with van der Waals surface area (Å²) in [5.41, 5.74) is 1.42. The monoisotopic (exact) mass is 391 g/mol. The van der Waals surface area contributed by atoms with Crippen LogP contribution in [-0.2, 0) is 20.7 Å². The Balaban J connectivity index is 2.45. The van der Waals surface area contributed by atoms with Crippen LogP contribution in [0.25, 0.3) is 6.08 Å². The molecule has 0 unspecified atom stereocenters. The van der Waals surface area contributed by atoms with Gasteiger partial charge in [-0.3, -0.25) is 14.5 Å². The molecule has 1 fully saturated rings. The second kappa shape index (κ2) is 9.27. The van der Waals surface area contributed by atoms with Gasteiger partial charge in [-0.2, -0.15) is 0 Å². The van der Waals surface area contributed by atoms with Crippen LogP contribution in [-0.4, -0.2) is 49.4 Å². The normalized spacial score (nSPS) is 15.2. The Bertz CT molecular complexity index is 802. The number of amides is 2. The topological polar surface area (TPSA) is 82.1 Å². The van der Waals surface area contributed by atoms with Gasteiger partial charge in [0.15, 0.2) is 18.1 Å². The average molecular weight is 391 g/mol. The van der Waals surface area contributed by atoms with Crippen LogP contribution < -0.4 is 9.47 Å². The third kappa shape index (κ3) is 4.91. The van der Waals surface area contributed by atoms with Crippen molar-refractivity contribution >= 4 is 35.0 Å². The number of nitrogens with zero attached hydrogens (tertiary/aromatic N) is 1. The number of hydrogen-bond donors (Lipinski definition) is 0. The number of likely N-dealkylation sites (N-methyl/N-ethyl adjacent to an activating group) is 1. The third-order valence-corrected chi connectivity index (χ3v) is 4.63. The number of rotatable bonds is 8. The number of benzene rings is 1. The first-order valence-corrected chi connectivity index (χ1v) is 9.04. The highest BCUT2D eigenvalue weighted by Gasteiger charge is 2.31. The summed E-state index contributed by atoms with van der Waals surface area (Å²) in [4.78, 5) is 36.6. The molecule has 1 aliphatic rings. The van der Waals surface area contributed by atoms with E-state index in [9.17, 15) is 14.4 Å². The molecule has 1 saturated heterocycles. The van der Waals surface area contributed by atoms with Crippen LogP contribution in [0.15, 0.2) is 29.7 Å². The molecule has 0 aliphatic carbocycles. The van der Waals surface area contributed by atoms with Crippen molar-refractivity contribution in [3.8, 4) is 11.5 Å². The van der Waals surface area contributed by atoms with E-state index in [1.165, 1.54) is 14.2 Å². The minimum atomic E-state index is -0.511. The molecule has 1 aliphatic heterocycles. The SMILES string of the molecule is C=CCc1cc(/C=C2\SC(=O)N(C)C2=O)cc(OCC)c1OCC(=O)OC. The van der Waals surface area contributed by atoms with Crippen molar-refractivity contribution in [2.75, 3.05) is 27.4 Å². The van der Waals surface area contributed by atoms with Crippen LogP contribution in [0.2, 0.25) is 0 Å². The van der Waals surface area contributed by atoms with Gasteiger partial charge in [0.2, 0.25) is 0 Å². The summed E-state index contributed by atoms with van der Waals surface area (Å²) in [6.45, 7) is 5.69. The Morgan fingerprint density at radius 3 is 2.59 bits per heavy atom. The Hall–Kier alpha value is -2.74. The second-order valence-electron chi connectivity index (χ2n) is 5.54. The highest BCUT2D eigenvalue weighted by Crippen LogP contribution is 2.37. The van der Waals surface area contributed by atoms with Crippen LogP contribution in [0, 0.1) is 0 Å². The van der Waals surface area contributed by atoms with E-state index in [1.807, 2.05) is 6.92 Å². The summed E-state index contributed by atoms with van der Waals surface area (Å²) in [6, 6.07) is 3.51. The third-order valence-electron chi connectivity index (χ3n) is 3.66. The molecule has 0 N–H and O–H groups in total. The molecular formula is C19H21NO6S. The maximum absolute atomic E-state index is 12.1. The van der Waals surface area contributed by atoms with Crippen LogP contribution in [0.3, 0.4) is 0 Å². The number of carbonyl (C=O) groups excluding carboxylic acids is 3. The van der Waals surface area contributed by atoms with Crippen LogP contribution >= 0.6 is 11.8 Å². The van der Waals surface area contributed by atoms with E-state index in [-0.39, 0.29) is 17.8 Å². The van der Waals surface area contributed by atoms with Crippen molar-refractivity contribution in [2.45, 2.75) is 13.3 Å². The Morgan fingerprint density at radius 1 is 1.30 bits per heavy atom. The zero-order valence-corrected chi connectivity index (χ0v) is 16.3. The van der Waals surface area contributed by atoms with Gasteiger partial charge in [0.05, 0.1) is 18.6 Å². The molecular weight excluding hydrogens is 370 g/mol. The van der Waals surface area contributed by atoms with Gasteiger partial charge in [0.25, 0.3) is 11.1 Å². The van der Waals surface area contributed by atoms with Crippen molar-refractivity contribution in [3.05, 3.63) is 40.8 Å². The van der Waals surface area contributed by atoms with E-state index in [2.05, 4.69) is 11.3 Å². The van der Waals surface area contributed by atoms with Gasteiger partial charge in [-0.15, -0.1) is 6.58 Å². The number of methoxy groups -OCH3 is 1. The van der Waals surface area contributed by atoms with Crippen LogP contribution in [0.1, 0.15) is 18.1 Å². The molecule has 1 aromatic rings. The molecule has 2 rings (SSSR count). The van der Waals surface area contributed by atoms with Gasteiger partial charge >= 0.3 is 5.97 Å². The van der Waals surface area contributed by atoms with Gasteiger partial charge in [-0.1, -0.05) is 6.08 Å². The average Bonchev–Trinajstić information content (AvgIpc) is 2.88. The lowest BCUT2D eigenvalue weighted by molar-refractivity contribution is -0.143. The molecule has 0 bridgehead atoms. The van der Waals surface area contributed by atoms with Gasteiger partial charge in [-0.05, 0) is 48.9 Å². The number of thioether (sulfide) groups is 1. The molecule has 8 heteroatoms. The number of imide groups is 1. The summed E-state index contributed by atoms with van der Waals surface area (Å²) >= 11 is 0.882. The highest BCUT2D eigenvalue weighted by atomic mass is 32.2. The smallest absolute Gasteiger partial charge is 0.343 e. The molecule has 0 atom stereocenters. The van der Waals surface area contributed by atoms with Crippen molar-refractivity contribution in [1.82, 2.24) is 4.90 Å². The first-order valence-electron chi connectivity index (χ1n) is 8.23. The van der Waals surface area contributed by atoms with Gasteiger partial charge in [-0.25, -0.2) is 4.79 Å². The van der Waals surface area contributed by atoms with E-state index in [1.54, 1.807) is 24.3 Å². The quantitative estimate of drug-likeness (QED) is 0.383. The lowest BCUT2D eigenvalue weighted by Gasteiger charge is -2.16. The van der Waals surface area contributed by atoms with Crippen molar-refractivity contribution in [1.29, 1.82) is 0 Å². The van der Waals surface area contributed by atoms with E-state index < -0.39 is 5.97 Å². The summed E-state index contributed by atoms with van der Waals surface area (Å²) in [6.07, 6.45) is 3.79. The summed E-state index contributed by atoms with van der Waals surface area (Å²) < 4.78 is 15.9. The Kier molecular flexibility index (Phi) is 7.06. The summed E-state index contributed by atoms with van der Waals surface area (Å²) in [7, 11) is 2.72. The molecule has 2 amide bonds.